The number of carboxylic acids is 1. The molecule has 0 saturated carbocycles. The van der Waals surface area contributed by atoms with Gasteiger partial charge in [-0.3, -0.25) is 0 Å². The number of ether oxygens (including phenoxy) is 1. The molecule has 7 heteroatoms. The summed E-state index contributed by atoms with van der Waals surface area (Å²) in [6.45, 7) is 0.00117. The lowest BCUT2D eigenvalue weighted by Gasteiger charge is -2.06. The molecule has 1 N–H and O–H groups in total. The molecule has 5 nitrogen and oxygen atoms in total. The molecule has 0 unspecified atom stereocenters. The average molecular weight is 299 g/mol. The van der Waals surface area contributed by atoms with Gasteiger partial charge in [-0.25, -0.2) is 14.8 Å². The van der Waals surface area contributed by atoms with E-state index in [1.54, 1.807) is 24.3 Å². The van der Waals surface area contributed by atoms with Crippen LogP contribution in [0.2, 0.25) is 10.2 Å². The third-order valence-electron chi connectivity index (χ3n) is 2.12. The minimum absolute atomic E-state index is 0.00117. The van der Waals surface area contributed by atoms with E-state index in [0.717, 1.165) is 0 Å². The molecule has 0 bridgehead atoms. The Balaban J connectivity index is 2.13. The first-order valence-corrected chi connectivity index (χ1v) is 5.95. The van der Waals surface area contributed by atoms with Crippen LogP contribution in [0.3, 0.4) is 0 Å². The number of aromatic nitrogens is 2. The van der Waals surface area contributed by atoms with Crippen LogP contribution in [0.4, 0.5) is 0 Å². The topological polar surface area (TPSA) is 72.3 Å². The van der Waals surface area contributed by atoms with Crippen LogP contribution in [0.25, 0.3) is 0 Å². The van der Waals surface area contributed by atoms with Crippen LogP contribution in [-0.2, 0) is 6.61 Å². The Bertz CT molecular complexity index is 620. The summed E-state index contributed by atoms with van der Waals surface area (Å²) < 4.78 is 5.40. The van der Waals surface area contributed by atoms with Crippen molar-refractivity contribution >= 4 is 29.2 Å². The zero-order valence-corrected chi connectivity index (χ0v) is 11.0. The van der Waals surface area contributed by atoms with Crippen LogP contribution in [0.1, 0.15) is 16.3 Å². The van der Waals surface area contributed by atoms with Crippen LogP contribution in [0.5, 0.6) is 5.75 Å². The van der Waals surface area contributed by atoms with E-state index in [4.69, 9.17) is 33.0 Å². The van der Waals surface area contributed by atoms with Crippen molar-refractivity contribution in [2.24, 2.45) is 0 Å². The third kappa shape index (κ3) is 3.81. The van der Waals surface area contributed by atoms with Crippen molar-refractivity contribution in [1.82, 2.24) is 9.97 Å². The quantitative estimate of drug-likeness (QED) is 0.878. The second kappa shape index (κ2) is 5.86. The summed E-state index contributed by atoms with van der Waals surface area (Å²) in [5.74, 6) is -0.453. The summed E-state index contributed by atoms with van der Waals surface area (Å²) in [5, 5.41) is 9.44. The Morgan fingerprint density at radius 3 is 2.74 bits per heavy atom. The van der Waals surface area contributed by atoms with Crippen LogP contribution in [0, 0.1) is 0 Å². The van der Waals surface area contributed by atoms with Gasteiger partial charge in [-0.1, -0.05) is 29.3 Å². The zero-order chi connectivity index (χ0) is 13.8. The maximum atomic E-state index is 10.8. The molecule has 2 aromatic rings. The first kappa shape index (κ1) is 13.6. The lowest BCUT2D eigenvalue weighted by Crippen LogP contribution is -2.08. The van der Waals surface area contributed by atoms with E-state index in [1.165, 1.54) is 6.07 Å². The smallest absolute Gasteiger partial charge is 0.354 e. The number of aromatic carboxylic acids is 1. The summed E-state index contributed by atoms with van der Waals surface area (Å²) in [5.41, 5.74) is -0.176. The first-order valence-electron chi connectivity index (χ1n) is 5.20. The maximum absolute atomic E-state index is 10.8. The second-order valence-corrected chi connectivity index (χ2v) is 4.37. The van der Waals surface area contributed by atoms with Gasteiger partial charge in [0.1, 0.15) is 17.5 Å². The van der Waals surface area contributed by atoms with Gasteiger partial charge in [-0.15, -0.1) is 0 Å². The van der Waals surface area contributed by atoms with Crippen LogP contribution < -0.4 is 4.74 Å². The van der Waals surface area contributed by atoms with E-state index in [2.05, 4.69) is 9.97 Å². The van der Waals surface area contributed by atoms with E-state index in [1.807, 2.05) is 0 Å². The van der Waals surface area contributed by atoms with Crippen molar-refractivity contribution in [3.8, 4) is 5.75 Å². The van der Waals surface area contributed by atoms with Crippen molar-refractivity contribution in [3.05, 3.63) is 52.0 Å². The van der Waals surface area contributed by atoms with Crippen molar-refractivity contribution in [2.75, 3.05) is 0 Å². The summed E-state index contributed by atoms with van der Waals surface area (Å²) >= 11 is 11.5. The van der Waals surface area contributed by atoms with Gasteiger partial charge in [0.15, 0.2) is 11.5 Å². The molecule has 0 atom stereocenters. The molecule has 2 rings (SSSR count). The molecule has 0 aliphatic rings. The number of rotatable bonds is 4. The van der Waals surface area contributed by atoms with E-state index in [9.17, 15) is 4.79 Å². The van der Waals surface area contributed by atoms with Crippen molar-refractivity contribution in [2.45, 2.75) is 6.61 Å². The Morgan fingerprint density at radius 1 is 1.26 bits per heavy atom. The molecule has 1 heterocycles. The fourth-order valence-corrected chi connectivity index (χ4v) is 1.72. The Labute approximate surface area is 118 Å². The summed E-state index contributed by atoms with van der Waals surface area (Å²) in [6.07, 6.45) is 0. The molecule has 0 radical (unpaired) electrons. The summed E-state index contributed by atoms with van der Waals surface area (Å²) in [6, 6.07) is 7.97. The fraction of sp³-hybridized carbons (Fsp3) is 0.0833. The van der Waals surface area contributed by atoms with Crippen molar-refractivity contribution in [1.29, 1.82) is 0 Å². The highest BCUT2D eigenvalue weighted by Crippen LogP contribution is 2.18. The van der Waals surface area contributed by atoms with Crippen molar-refractivity contribution < 1.29 is 14.6 Å². The lowest BCUT2D eigenvalue weighted by atomic mass is 10.3. The van der Waals surface area contributed by atoms with Gasteiger partial charge < -0.3 is 9.84 Å². The number of benzene rings is 1. The number of carboxylic acid groups (broad SMARTS) is 1. The van der Waals surface area contributed by atoms with Crippen LogP contribution >= 0.6 is 23.2 Å². The summed E-state index contributed by atoms with van der Waals surface area (Å²) in [4.78, 5) is 18.5. The molecular formula is C12H8Cl2N2O3. The maximum Gasteiger partial charge on any atom is 0.354 e. The Kier molecular flexibility index (Phi) is 4.19. The molecule has 98 valence electrons. The van der Waals surface area contributed by atoms with E-state index < -0.39 is 5.97 Å². The molecule has 0 fully saturated rings. The van der Waals surface area contributed by atoms with E-state index >= 15 is 0 Å². The van der Waals surface area contributed by atoms with E-state index in [0.29, 0.717) is 10.8 Å². The Morgan fingerprint density at radius 2 is 2.05 bits per heavy atom. The molecule has 0 spiro atoms. The number of hydrogen-bond acceptors (Lipinski definition) is 4. The second-order valence-electron chi connectivity index (χ2n) is 3.54. The molecule has 1 aromatic carbocycles. The predicted molar refractivity (Wildman–Crippen MR) is 69.8 cm³/mol. The minimum atomic E-state index is -1.17. The largest absolute Gasteiger partial charge is 0.486 e. The highest BCUT2D eigenvalue weighted by molar-refractivity contribution is 6.30. The molecule has 0 aliphatic carbocycles. The monoisotopic (exact) mass is 298 g/mol. The van der Waals surface area contributed by atoms with Gasteiger partial charge in [0.2, 0.25) is 0 Å². The molecular weight excluding hydrogens is 291 g/mol. The molecule has 0 aliphatic heterocycles. The van der Waals surface area contributed by atoms with Gasteiger partial charge in [0.05, 0.1) is 0 Å². The molecule has 1 aromatic heterocycles. The van der Waals surface area contributed by atoms with Crippen LogP contribution in [-0.4, -0.2) is 21.0 Å². The molecule has 0 amide bonds. The van der Waals surface area contributed by atoms with Gasteiger partial charge in [-0.05, 0) is 18.2 Å². The number of carbonyl (C=O) groups is 1. The lowest BCUT2D eigenvalue weighted by molar-refractivity contribution is 0.0689. The first-order chi connectivity index (χ1) is 9.04. The van der Waals surface area contributed by atoms with Gasteiger partial charge in [-0.2, -0.15) is 0 Å². The van der Waals surface area contributed by atoms with Gasteiger partial charge in [0, 0.05) is 11.1 Å². The number of hydrogen-bond donors (Lipinski definition) is 1. The highest BCUT2D eigenvalue weighted by atomic mass is 35.5. The predicted octanol–water partition coefficient (Wildman–Crippen LogP) is 3.06. The normalized spacial score (nSPS) is 10.2. The average Bonchev–Trinajstić information content (AvgIpc) is 2.36. The van der Waals surface area contributed by atoms with Gasteiger partial charge in [0.25, 0.3) is 0 Å². The SMILES string of the molecule is O=C(O)c1cc(Cl)nc(COc2cccc(Cl)c2)n1. The minimum Gasteiger partial charge on any atom is -0.486 e. The molecule has 0 saturated heterocycles. The Hall–Kier alpha value is -1.85. The highest BCUT2D eigenvalue weighted by Gasteiger charge is 2.10. The van der Waals surface area contributed by atoms with Crippen molar-refractivity contribution in [3.63, 3.8) is 0 Å². The zero-order valence-electron chi connectivity index (χ0n) is 9.51. The number of nitrogens with zero attached hydrogens (tertiary/aromatic N) is 2. The van der Waals surface area contributed by atoms with Crippen LogP contribution in [0.15, 0.2) is 30.3 Å². The third-order valence-corrected chi connectivity index (χ3v) is 2.55. The molecule has 19 heavy (non-hydrogen) atoms. The van der Waals surface area contributed by atoms with E-state index in [-0.39, 0.29) is 23.3 Å². The van der Waals surface area contributed by atoms with Gasteiger partial charge >= 0.3 is 5.97 Å². The fourth-order valence-electron chi connectivity index (χ4n) is 1.34. The number of halogens is 2. The summed E-state index contributed by atoms with van der Waals surface area (Å²) in [7, 11) is 0. The standard InChI is InChI=1S/C12H8Cl2N2O3/c13-7-2-1-3-8(4-7)19-6-11-15-9(12(17)18)5-10(14)16-11/h1-5H,6H2,(H,17,18).